The Labute approximate surface area is 77.8 Å². The van der Waals surface area contributed by atoms with Crippen molar-refractivity contribution < 1.29 is 0 Å². The molecule has 0 aliphatic rings. The highest BCUT2D eigenvalue weighted by Crippen LogP contribution is 2.20. The van der Waals surface area contributed by atoms with Crippen molar-refractivity contribution in [3.05, 3.63) is 0 Å². The zero-order valence-electron chi connectivity index (χ0n) is 6.28. The lowest BCUT2D eigenvalue weighted by molar-refractivity contribution is 0.506. The van der Waals surface area contributed by atoms with Gasteiger partial charge in [0.2, 0.25) is 0 Å². The number of rotatable bonds is 4. The van der Waals surface area contributed by atoms with Gasteiger partial charge in [0, 0.05) is 5.38 Å². The van der Waals surface area contributed by atoms with Crippen molar-refractivity contribution >= 4 is 34.8 Å². The smallest absolute Gasteiger partial charge is 0.108 e. The Balaban J connectivity index is 3.34. The molecule has 3 heteroatoms. The van der Waals surface area contributed by atoms with E-state index in [-0.39, 0.29) is 10.2 Å². The van der Waals surface area contributed by atoms with Gasteiger partial charge in [-0.3, -0.25) is 0 Å². The standard InChI is InChI=1S/C7H13Cl3/c1-5(3-6(2)8)4-7(9)10/h5-7H,3-4H2,1-2H3. The molecule has 2 atom stereocenters. The van der Waals surface area contributed by atoms with Crippen LogP contribution in [0.25, 0.3) is 0 Å². The molecule has 10 heavy (non-hydrogen) atoms. The molecule has 0 rings (SSSR count). The lowest BCUT2D eigenvalue weighted by atomic mass is 10.0. The fraction of sp³-hybridized carbons (Fsp3) is 1.00. The molecule has 0 aromatic carbocycles. The van der Waals surface area contributed by atoms with E-state index in [1.165, 1.54) is 0 Å². The SMILES string of the molecule is CC(Cl)CC(C)CC(Cl)Cl. The summed E-state index contributed by atoms with van der Waals surface area (Å²) < 4.78 is 0. The van der Waals surface area contributed by atoms with Gasteiger partial charge in [-0.2, -0.15) is 0 Å². The van der Waals surface area contributed by atoms with Crippen LogP contribution in [0.15, 0.2) is 0 Å². The van der Waals surface area contributed by atoms with Gasteiger partial charge in [-0.1, -0.05) is 6.92 Å². The molecule has 0 radical (unpaired) electrons. The first-order chi connectivity index (χ1) is 4.52. The quantitative estimate of drug-likeness (QED) is 0.609. The molecule has 62 valence electrons. The van der Waals surface area contributed by atoms with Crippen molar-refractivity contribution in [3.63, 3.8) is 0 Å². The summed E-state index contributed by atoms with van der Waals surface area (Å²) in [6.07, 6.45) is 1.82. The number of hydrogen-bond acceptors (Lipinski definition) is 0. The van der Waals surface area contributed by atoms with Crippen molar-refractivity contribution in [2.45, 2.75) is 36.9 Å². The maximum atomic E-state index is 5.77. The fourth-order valence-electron chi connectivity index (χ4n) is 0.955. The Kier molecular flexibility index (Phi) is 5.99. The third-order valence-electron chi connectivity index (χ3n) is 1.31. The predicted octanol–water partition coefficient (Wildman–Crippen LogP) is 3.83. The molecular formula is C7H13Cl3. The van der Waals surface area contributed by atoms with Crippen molar-refractivity contribution in [1.82, 2.24) is 0 Å². The van der Waals surface area contributed by atoms with E-state index in [4.69, 9.17) is 34.8 Å². The summed E-state index contributed by atoms with van der Waals surface area (Å²) in [4.78, 5) is -0.245. The summed E-state index contributed by atoms with van der Waals surface area (Å²) in [5.41, 5.74) is 0. The lowest BCUT2D eigenvalue weighted by Gasteiger charge is -2.12. The Morgan fingerprint density at radius 3 is 1.80 bits per heavy atom. The Bertz CT molecular complexity index is 70.9. The van der Waals surface area contributed by atoms with E-state index in [9.17, 15) is 0 Å². The summed E-state index contributed by atoms with van der Waals surface area (Å²) >= 11 is 16.9. The van der Waals surface area contributed by atoms with Gasteiger partial charge in [0.1, 0.15) is 4.84 Å². The molecular weight excluding hydrogens is 190 g/mol. The topological polar surface area (TPSA) is 0 Å². The molecule has 0 aromatic heterocycles. The van der Waals surface area contributed by atoms with Gasteiger partial charge >= 0.3 is 0 Å². The Morgan fingerprint density at radius 1 is 1.00 bits per heavy atom. The number of hydrogen-bond donors (Lipinski definition) is 0. The molecule has 0 N–H and O–H groups in total. The molecule has 0 amide bonds. The minimum Gasteiger partial charge on any atom is -0.123 e. The van der Waals surface area contributed by atoms with Crippen LogP contribution in [0.3, 0.4) is 0 Å². The van der Waals surface area contributed by atoms with Crippen LogP contribution in [0.2, 0.25) is 0 Å². The number of alkyl halides is 3. The van der Waals surface area contributed by atoms with Crippen LogP contribution < -0.4 is 0 Å². The molecule has 0 heterocycles. The summed E-state index contributed by atoms with van der Waals surface area (Å²) in [6.45, 7) is 4.09. The van der Waals surface area contributed by atoms with E-state index in [2.05, 4.69) is 6.92 Å². The van der Waals surface area contributed by atoms with Crippen LogP contribution in [0, 0.1) is 5.92 Å². The molecule has 0 bridgehead atoms. The molecule has 0 fully saturated rings. The van der Waals surface area contributed by atoms with Gasteiger partial charge in [-0.25, -0.2) is 0 Å². The fourth-order valence-corrected chi connectivity index (χ4v) is 1.87. The summed E-state index contributed by atoms with van der Waals surface area (Å²) in [7, 11) is 0. The van der Waals surface area contributed by atoms with Gasteiger partial charge in [-0.15, -0.1) is 34.8 Å². The highest BCUT2D eigenvalue weighted by Gasteiger charge is 2.09. The normalized spacial score (nSPS) is 17.4. The summed E-state index contributed by atoms with van der Waals surface area (Å²) in [5.74, 6) is 0.521. The molecule has 0 nitrogen and oxygen atoms in total. The van der Waals surface area contributed by atoms with Crippen LogP contribution >= 0.6 is 34.8 Å². The van der Waals surface area contributed by atoms with Gasteiger partial charge in [0.25, 0.3) is 0 Å². The highest BCUT2D eigenvalue weighted by molar-refractivity contribution is 6.44. The van der Waals surface area contributed by atoms with Crippen molar-refractivity contribution in [2.24, 2.45) is 5.92 Å². The van der Waals surface area contributed by atoms with E-state index >= 15 is 0 Å². The van der Waals surface area contributed by atoms with Gasteiger partial charge in [-0.05, 0) is 25.7 Å². The van der Waals surface area contributed by atoms with Crippen molar-refractivity contribution in [2.75, 3.05) is 0 Å². The average molecular weight is 204 g/mol. The molecule has 0 aliphatic carbocycles. The van der Waals surface area contributed by atoms with Crippen LogP contribution in [0.4, 0.5) is 0 Å². The largest absolute Gasteiger partial charge is 0.123 e. The van der Waals surface area contributed by atoms with Crippen LogP contribution in [0.5, 0.6) is 0 Å². The maximum Gasteiger partial charge on any atom is 0.108 e. The van der Waals surface area contributed by atoms with E-state index in [0.29, 0.717) is 5.92 Å². The Morgan fingerprint density at radius 2 is 1.50 bits per heavy atom. The van der Waals surface area contributed by atoms with E-state index in [1.807, 2.05) is 6.92 Å². The maximum absolute atomic E-state index is 5.77. The zero-order chi connectivity index (χ0) is 8.15. The monoisotopic (exact) mass is 202 g/mol. The second-order valence-electron chi connectivity index (χ2n) is 2.75. The molecule has 0 aromatic rings. The second-order valence-corrected chi connectivity index (χ2v) is 4.77. The first-order valence-electron chi connectivity index (χ1n) is 3.44. The number of halogens is 3. The van der Waals surface area contributed by atoms with Crippen molar-refractivity contribution in [3.8, 4) is 0 Å². The summed E-state index contributed by atoms with van der Waals surface area (Å²) in [5, 5.41) is 0.224. The van der Waals surface area contributed by atoms with Crippen LogP contribution in [-0.4, -0.2) is 10.2 Å². The van der Waals surface area contributed by atoms with E-state index in [1.54, 1.807) is 0 Å². The lowest BCUT2D eigenvalue weighted by Crippen LogP contribution is -2.05. The Hall–Kier alpha value is 0.870. The molecule has 0 aliphatic heterocycles. The van der Waals surface area contributed by atoms with E-state index in [0.717, 1.165) is 12.8 Å². The predicted molar refractivity (Wildman–Crippen MR) is 49.2 cm³/mol. The minimum absolute atomic E-state index is 0.224. The van der Waals surface area contributed by atoms with Gasteiger partial charge in [0.15, 0.2) is 0 Å². The van der Waals surface area contributed by atoms with Crippen molar-refractivity contribution in [1.29, 1.82) is 0 Å². The van der Waals surface area contributed by atoms with Gasteiger partial charge < -0.3 is 0 Å². The molecule has 0 saturated carbocycles. The van der Waals surface area contributed by atoms with Crippen LogP contribution in [-0.2, 0) is 0 Å². The third kappa shape index (κ3) is 6.98. The minimum atomic E-state index is -0.245. The van der Waals surface area contributed by atoms with Gasteiger partial charge in [0.05, 0.1) is 0 Å². The molecule has 0 saturated heterocycles. The highest BCUT2D eigenvalue weighted by atomic mass is 35.5. The average Bonchev–Trinajstić information content (AvgIpc) is 1.58. The molecule has 2 unspecified atom stereocenters. The third-order valence-corrected chi connectivity index (χ3v) is 1.84. The second kappa shape index (κ2) is 5.51. The van der Waals surface area contributed by atoms with Crippen LogP contribution in [0.1, 0.15) is 26.7 Å². The first kappa shape index (κ1) is 10.9. The summed E-state index contributed by atoms with van der Waals surface area (Å²) in [6, 6.07) is 0. The zero-order valence-corrected chi connectivity index (χ0v) is 8.55. The van der Waals surface area contributed by atoms with E-state index < -0.39 is 0 Å². The first-order valence-corrected chi connectivity index (χ1v) is 4.75. The molecule has 0 spiro atoms.